The van der Waals surface area contributed by atoms with Crippen LogP contribution >= 0.6 is 0 Å². The number of sulfone groups is 1. The van der Waals surface area contributed by atoms with Crippen molar-refractivity contribution in [3.8, 4) is 0 Å². The number of ether oxygens (including phenoxy) is 1. The van der Waals surface area contributed by atoms with Crippen molar-refractivity contribution in [2.24, 2.45) is 0 Å². The maximum atomic E-state index is 11.4. The number of carboxylic acids is 1. The fraction of sp³-hybridized carbons (Fsp3) is 0.800. The predicted molar refractivity (Wildman–Crippen MR) is 68.8 cm³/mol. The first-order chi connectivity index (χ1) is 8.76. The van der Waals surface area contributed by atoms with Crippen molar-refractivity contribution in [2.75, 3.05) is 32.3 Å². The average molecular weight is 296 g/mol. The van der Waals surface area contributed by atoms with Crippen molar-refractivity contribution in [1.29, 1.82) is 0 Å². The Kier molecular flexibility index (Phi) is 8.08. The third kappa shape index (κ3) is 10.3. The third-order valence-corrected chi connectivity index (χ3v) is 3.22. The Labute approximate surface area is 112 Å². The highest BCUT2D eigenvalue weighted by molar-refractivity contribution is 7.90. The molecule has 0 aliphatic carbocycles. The Bertz CT molecular complexity index is 395. The highest BCUT2D eigenvalue weighted by Gasteiger charge is 2.19. The highest BCUT2D eigenvalue weighted by Crippen LogP contribution is 1.93. The molecule has 0 aromatic heterocycles. The molecule has 0 aliphatic rings. The highest BCUT2D eigenvalue weighted by atomic mass is 32.2. The maximum absolute atomic E-state index is 11.4. The average Bonchev–Trinajstić information content (AvgIpc) is 2.28. The minimum Gasteiger partial charge on any atom is -0.480 e. The van der Waals surface area contributed by atoms with Crippen LogP contribution in [-0.4, -0.2) is 63.8 Å². The zero-order chi connectivity index (χ0) is 14.9. The Morgan fingerprint density at radius 3 is 2.47 bits per heavy atom. The first kappa shape index (κ1) is 17.6. The van der Waals surface area contributed by atoms with Gasteiger partial charge in [0.2, 0.25) is 0 Å². The van der Waals surface area contributed by atoms with Crippen LogP contribution in [-0.2, 0) is 19.4 Å². The monoisotopic (exact) mass is 296 g/mol. The van der Waals surface area contributed by atoms with Crippen molar-refractivity contribution in [1.82, 2.24) is 10.6 Å². The molecule has 0 radical (unpaired) electrons. The van der Waals surface area contributed by atoms with E-state index in [2.05, 4.69) is 10.6 Å². The fourth-order valence-corrected chi connectivity index (χ4v) is 1.91. The molecule has 112 valence electrons. The van der Waals surface area contributed by atoms with E-state index in [1.807, 2.05) is 0 Å². The molecular weight excluding hydrogens is 276 g/mol. The Balaban J connectivity index is 3.96. The molecule has 0 saturated heterocycles. The molecule has 0 spiro atoms. The van der Waals surface area contributed by atoms with Gasteiger partial charge in [-0.1, -0.05) is 0 Å². The van der Waals surface area contributed by atoms with E-state index in [9.17, 15) is 18.0 Å². The number of carboxylic acid groups (broad SMARTS) is 1. The molecule has 9 heteroatoms. The van der Waals surface area contributed by atoms with Gasteiger partial charge in [0, 0.05) is 32.9 Å². The minimum atomic E-state index is -3.05. The molecule has 0 fully saturated rings. The van der Waals surface area contributed by atoms with Gasteiger partial charge in [-0.2, -0.15) is 0 Å². The first-order valence-corrected chi connectivity index (χ1v) is 7.76. The molecule has 1 atom stereocenters. The number of rotatable bonds is 9. The molecule has 0 saturated carbocycles. The topological polar surface area (TPSA) is 122 Å². The second-order valence-electron chi connectivity index (χ2n) is 4.06. The second kappa shape index (κ2) is 8.70. The van der Waals surface area contributed by atoms with Crippen LogP contribution in [0.1, 0.15) is 12.8 Å². The van der Waals surface area contributed by atoms with Crippen molar-refractivity contribution >= 4 is 21.8 Å². The number of hydrogen-bond donors (Lipinski definition) is 3. The number of hydrogen-bond acceptors (Lipinski definition) is 5. The molecule has 0 heterocycles. The Hall–Kier alpha value is -1.35. The minimum absolute atomic E-state index is 0.0285. The lowest BCUT2D eigenvalue weighted by Gasteiger charge is -2.14. The van der Waals surface area contributed by atoms with Gasteiger partial charge in [0.1, 0.15) is 15.9 Å². The van der Waals surface area contributed by atoms with E-state index in [4.69, 9.17) is 9.84 Å². The zero-order valence-electron chi connectivity index (χ0n) is 11.0. The summed E-state index contributed by atoms with van der Waals surface area (Å²) >= 11 is 0. The molecule has 0 aromatic carbocycles. The lowest BCUT2D eigenvalue weighted by molar-refractivity contribution is -0.139. The molecule has 19 heavy (non-hydrogen) atoms. The quantitative estimate of drug-likeness (QED) is 0.479. The lowest BCUT2D eigenvalue weighted by atomic mass is 10.2. The maximum Gasteiger partial charge on any atom is 0.326 e. The third-order valence-electron chi connectivity index (χ3n) is 2.19. The summed E-state index contributed by atoms with van der Waals surface area (Å²) in [5, 5.41) is 13.5. The largest absolute Gasteiger partial charge is 0.480 e. The van der Waals surface area contributed by atoms with Crippen LogP contribution in [0.25, 0.3) is 0 Å². The SMILES string of the molecule is COCCC(NC(=O)NCCCS(C)(=O)=O)C(=O)O. The van der Waals surface area contributed by atoms with E-state index < -0.39 is 27.9 Å². The number of nitrogens with one attached hydrogen (secondary N) is 2. The number of amides is 2. The molecule has 0 aliphatic heterocycles. The van der Waals surface area contributed by atoms with Crippen molar-refractivity contribution in [2.45, 2.75) is 18.9 Å². The van der Waals surface area contributed by atoms with Gasteiger partial charge in [0.25, 0.3) is 0 Å². The number of methoxy groups -OCH3 is 1. The van der Waals surface area contributed by atoms with E-state index >= 15 is 0 Å². The summed E-state index contributed by atoms with van der Waals surface area (Å²) in [7, 11) is -1.62. The lowest BCUT2D eigenvalue weighted by Crippen LogP contribution is -2.46. The van der Waals surface area contributed by atoms with Gasteiger partial charge in [-0.15, -0.1) is 0 Å². The van der Waals surface area contributed by atoms with E-state index in [0.29, 0.717) is 0 Å². The summed E-state index contributed by atoms with van der Waals surface area (Å²) in [5.41, 5.74) is 0. The zero-order valence-corrected chi connectivity index (χ0v) is 11.8. The van der Waals surface area contributed by atoms with Gasteiger partial charge < -0.3 is 20.5 Å². The number of carbonyl (C=O) groups is 2. The normalized spacial score (nSPS) is 12.7. The summed E-state index contributed by atoms with van der Waals surface area (Å²) in [4.78, 5) is 22.2. The summed E-state index contributed by atoms with van der Waals surface area (Å²) in [6, 6.07) is -1.67. The van der Waals surface area contributed by atoms with Crippen LogP contribution in [0.15, 0.2) is 0 Å². The van der Waals surface area contributed by atoms with Crippen molar-refractivity contribution < 1.29 is 27.9 Å². The second-order valence-corrected chi connectivity index (χ2v) is 6.32. The van der Waals surface area contributed by atoms with E-state index in [0.717, 1.165) is 6.26 Å². The molecular formula is C10H20N2O6S. The molecule has 0 rings (SSSR count). The van der Waals surface area contributed by atoms with Gasteiger partial charge in [0.15, 0.2) is 0 Å². The van der Waals surface area contributed by atoms with Crippen LogP contribution in [0.3, 0.4) is 0 Å². The predicted octanol–water partition coefficient (Wildman–Crippen LogP) is -0.790. The van der Waals surface area contributed by atoms with Gasteiger partial charge in [0.05, 0.1) is 5.75 Å². The van der Waals surface area contributed by atoms with E-state index in [1.165, 1.54) is 7.11 Å². The van der Waals surface area contributed by atoms with Crippen LogP contribution in [0.2, 0.25) is 0 Å². The summed E-state index contributed by atoms with van der Waals surface area (Å²) in [5.74, 6) is -1.18. The van der Waals surface area contributed by atoms with E-state index in [-0.39, 0.29) is 31.7 Å². The molecule has 1 unspecified atom stereocenters. The summed E-state index contributed by atoms with van der Waals surface area (Å²) in [6.45, 7) is 0.376. The number of aliphatic carboxylic acids is 1. The van der Waals surface area contributed by atoms with Crippen molar-refractivity contribution in [3.05, 3.63) is 0 Å². The molecule has 3 N–H and O–H groups in total. The van der Waals surface area contributed by atoms with Gasteiger partial charge in [-0.25, -0.2) is 18.0 Å². The standard InChI is InChI=1S/C10H20N2O6S/c1-18-6-4-8(9(13)14)12-10(15)11-5-3-7-19(2,16)17/h8H,3-7H2,1-2H3,(H,13,14)(H2,11,12,15). The Morgan fingerprint density at radius 2 is 2.00 bits per heavy atom. The van der Waals surface area contributed by atoms with Gasteiger partial charge in [-0.3, -0.25) is 0 Å². The van der Waals surface area contributed by atoms with Gasteiger partial charge >= 0.3 is 12.0 Å². The Morgan fingerprint density at radius 1 is 1.37 bits per heavy atom. The van der Waals surface area contributed by atoms with Crippen LogP contribution < -0.4 is 10.6 Å². The number of urea groups is 1. The molecule has 2 amide bonds. The van der Waals surface area contributed by atoms with Crippen LogP contribution in [0, 0.1) is 0 Å². The van der Waals surface area contributed by atoms with Crippen LogP contribution in [0.5, 0.6) is 0 Å². The van der Waals surface area contributed by atoms with Crippen LogP contribution in [0.4, 0.5) is 4.79 Å². The molecule has 0 aromatic rings. The summed E-state index contributed by atoms with van der Waals surface area (Å²) in [6.07, 6.45) is 1.54. The van der Waals surface area contributed by atoms with E-state index in [1.54, 1.807) is 0 Å². The fourth-order valence-electron chi connectivity index (χ4n) is 1.24. The molecule has 8 nitrogen and oxygen atoms in total. The smallest absolute Gasteiger partial charge is 0.326 e. The van der Waals surface area contributed by atoms with Crippen molar-refractivity contribution in [3.63, 3.8) is 0 Å². The molecule has 0 bridgehead atoms. The first-order valence-electron chi connectivity index (χ1n) is 5.70. The van der Waals surface area contributed by atoms with Gasteiger partial charge in [-0.05, 0) is 6.42 Å². The summed E-state index contributed by atoms with van der Waals surface area (Å²) < 4.78 is 26.4. The number of carbonyl (C=O) groups excluding carboxylic acids is 1.